The summed E-state index contributed by atoms with van der Waals surface area (Å²) in [7, 11) is 0. The number of benzene rings is 1. The highest BCUT2D eigenvalue weighted by atomic mass is 35.5. The highest BCUT2D eigenvalue weighted by molar-refractivity contribution is 6.39. The van der Waals surface area contributed by atoms with Crippen LogP contribution in [0.3, 0.4) is 0 Å². The molecule has 0 saturated carbocycles. The number of primary amides is 1. The molecule has 1 amide bonds. The number of nitrogens with zero attached hydrogens (tertiary/aromatic N) is 2. The molecule has 0 radical (unpaired) electrons. The first-order valence-electron chi connectivity index (χ1n) is 5.28. The van der Waals surface area contributed by atoms with Crippen molar-refractivity contribution in [3.8, 4) is 17.0 Å². The molecule has 3 N–H and O–H groups in total. The maximum absolute atomic E-state index is 11.2. The van der Waals surface area contributed by atoms with Gasteiger partial charge in [0.05, 0.1) is 10.0 Å². The van der Waals surface area contributed by atoms with Gasteiger partial charge in [0.1, 0.15) is 11.4 Å². The summed E-state index contributed by atoms with van der Waals surface area (Å²) in [4.78, 5) is 22.1. The first-order chi connectivity index (χ1) is 9.40. The average Bonchev–Trinajstić information content (AvgIpc) is 2.75. The van der Waals surface area contributed by atoms with Crippen LogP contribution in [0, 0.1) is 0 Å². The fraction of sp³-hybridized carbons (Fsp3) is 0.0909. The summed E-state index contributed by atoms with van der Waals surface area (Å²) in [5.74, 6) is -1.10. The van der Waals surface area contributed by atoms with E-state index in [9.17, 15) is 9.59 Å². The molecule has 0 aliphatic rings. The first-order valence-corrected chi connectivity index (χ1v) is 6.04. The number of carbonyl (C=O) groups excluding carboxylic acids is 2. The van der Waals surface area contributed by atoms with Gasteiger partial charge in [-0.25, -0.2) is 0 Å². The molecule has 7 nitrogen and oxygen atoms in total. The number of H-pyrrole nitrogens is 1. The monoisotopic (exact) mass is 314 g/mol. The van der Waals surface area contributed by atoms with Crippen LogP contribution in [-0.4, -0.2) is 27.3 Å². The minimum absolute atomic E-state index is 0.0889. The van der Waals surface area contributed by atoms with Crippen LogP contribution in [-0.2, 0) is 4.79 Å². The Labute approximate surface area is 123 Å². The third-order valence-electron chi connectivity index (χ3n) is 2.30. The molecule has 0 saturated heterocycles. The molecule has 104 valence electrons. The Morgan fingerprint density at radius 2 is 1.85 bits per heavy atom. The molecular weight excluding hydrogens is 307 g/mol. The molecule has 0 unspecified atom stereocenters. The summed E-state index contributed by atoms with van der Waals surface area (Å²) >= 11 is 12.2. The first kappa shape index (κ1) is 14.3. The Hall–Kier alpha value is -2.12. The zero-order valence-electron chi connectivity index (χ0n) is 10.1. The highest BCUT2D eigenvalue weighted by Crippen LogP contribution is 2.38. The molecule has 0 fully saturated rings. The van der Waals surface area contributed by atoms with Gasteiger partial charge in [-0.2, -0.15) is 15.4 Å². The SMILES string of the molecule is CC(=O)Oc1cc(Cl)c(-c2n[nH]nc2C(N)=O)c(Cl)c1. The van der Waals surface area contributed by atoms with Crippen LogP contribution in [0.2, 0.25) is 10.0 Å². The lowest BCUT2D eigenvalue weighted by atomic mass is 10.1. The summed E-state index contributed by atoms with van der Waals surface area (Å²) in [6.07, 6.45) is 0. The van der Waals surface area contributed by atoms with Gasteiger partial charge in [0, 0.05) is 24.6 Å². The van der Waals surface area contributed by atoms with Gasteiger partial charge < -0.3 is 10.5 Å². The predicted octanol–water partition coefficient (Wildman–Crippen LogP) is 1.80. The van der Waals surface area contributed by atoms with Crippen molar-refractivity contribution >= 4 is 35.1 Å². The van der Waals surface area contributed by atoms with Crippen molar-refractivity contribution in [2.45, 2.75) is 6.92 Å². The lowest BCUT2D eigenvalue weighted by molar-refractivity contribution is -0.131. The summed E-state index contributed by atoms with van der Waals surface area (Å²) in [6, 6.07) is 2.76. The molecule has 0 aliphatic heterocycles. The van der Waals surface area contributed by atoms with E-state index in [1.54, 1.807) is 0 Å². The van der Waals surface area contributed by atoms with Gasteiger partial charge in [0.2, 0.25) is 0 Å². The largest absolute Gasteiger partial charge is 0.427 e. The number of hydrogen-bond acceptors (Lipinski definition) is 5. The topological polar surface area (TPSA) is 111 Å². The highest BCUT2D eigenvalue weighted by Gasteiger charge is 2.21. The molecule has 20 heavy (non-hydrogen) atoms. The maximum atomic E-state index is 11.2. The molecule has 2 aromatic rings. The lowest BCUT2D eigenvalue weighted by Gasteiger charge is -2.08. The summed E-state index contributed by atoms with van der Waals surface area (Å²) in [6.45, 7) is 1.25. The molecule has 0 atom stereocenters. The molecule has 0 spiro atoms. The minimum Gasteiger partial charge on any atom is -0.427 e. The van der Waals surface area contributed by atoms with Crippen LogP contribution in [0.4, 0.5) is 0 Å². The van der Waals surface area contributed by atoms with Gasteiger partial charge in [-0.1, -0.05) is 23.2 Å². The second-order valence-corrected chi connectivity index (χ2v) is 4.56. The van der Waals surface area contributed by atoms with E-state index >= 15 is 0 Å². The Bertz CT molecular complexity index is 676. The van der Waals surface area contributed by atoms with Crippen molar-refractivity contribution in [1.82, 2.24) is 15.4 Å². The van der Waals surface area contributed by atoms with Crippen molar-refractivity contribution < 1.29 is 14.3 Å². The quantitative estimate of drug-likeness (QED) is 0.663. The van der Waals surface area contributed by atoms with Gasteiger partial charge in [0.15, 0.2) is 5.69 Å². The number of esters is 1. The van der Waals surface area contributed by atoms with Crippen molar-refractivity contribution in [3.05, 3.63) is 27.9 Å². The normalized spacial score (nSPS) is 10.3. The van der Waals surface area contributed by atoms with E-state index in [0.717, 1.165) is 0 Å². The van der Waals surface area contributed by atoms with Crippen LogP contribution in [0.15, 0.2) is 12.1 Å². The van der Waals surface area contributed by atoms with Crippen LogP contribution < -0.4 is 10.5 Å². The molecule has 9 heteroatoms. The van der Waals surface area contributed by atoms with Crippen LogP contribution in [0.1, 0.15) is 17.4 Å². The third kappa shape index (κ3) is 2.73. The van der Waals surface area contributed by atoms with Crippen LogP contribution in [0.5, 0.6) is 5.75 Å². The maximum Gasteiger partial charge on any atom is 0.308 e. The lowest BCUT2D eigenvalue weighted by Crippen LogP contribution is -2.13. The van der Waals surface area contributed by atoms with Gasteiger partial charge in [-0.15, -0.1) is 0 Å². The molecule has 1 aromatic carbocycles. The van der Waals surface area contributed by atoms with E-state index in [1.165, 1.54) is 19.1 Å². The van der Waals surface area contributed by atoms with Crippen LogP contribution >= 0.6 is 23.2 Å². The summed E-state index contributed by atoms with van der Waals surface area (Å²) in [5.41, 5.74) is 5.48. The standard InChI is InChI=1S/C11H8Cl2N4O3/c1-4(18)20-5-2-6(12)8(7(13)3-5)9-10(11(14)19)16-17-15-9/h2-3H,1H3,(H2,14,19)(H,15,16,17). The molecular formula is C11H8Cl2N4O3. The minimum atomic E-state index is -0.773. The zero-order valence-corrected chi connectivity index (χ0v) is 11.6. The number of nitrogens with two attached hydrogens (primary N) is 1. The van der Waals surface area contributed by atoms with E-state index in [2.05, 4.69) is 15.4 Å². The zero-order chi connectivity index (χ0) is 14.9. The van der Waals surface area contributed by atoms with Gasteiger partial charge in [-0.05, 0) is 0 Å². The number of aromatic amines is 1. The van der Waals surface area contributed by atoms with Crippen molar-refractivity contribution in [2.24, 2.45) is 5.73 Å². The Balaban J connectivity index is 2.55. The van der Waals surface area contributed by atoms with Gasteiger partial charge >= 0.3 is 5.97 Å². The number of nitrogens with one attached hydrogen (secondary N) is 1. The number of rotatable bonds is 3. The second-order valence-electron chi connectivity index (χ2n) is 3.74. The molecule has 0 aliphatic carbocycles. The van der Waals surface area contributed by atoms with Crippen LogP contribution in [0.25, 0.3) is 11.3 Å². The van der Waals surface area contributed by atoms with Crippen molar-refractivity contribution in [3.63, 3.8) is 0 Å². The van der Waals surface area contributed by atoms with E-state index in [-0.39, 0.29) is 32.7 Å². The third-order valence-corrected chi connectivity index (χ3v) is 2.89. The van der Waals surface area contributed by atoms with E-state index < -0.39 is 11.9 Å². The second kappa shape index (κ2) is 5.48. The number of aromatic nitrogens is 3. The number of halogens is 2. The fourth-order valence-electron chi connectivity index (χ4n) is 1.58. The smallest absolute Gasteiger partial charge is 0.308 e. The van der Waals surface area contributed by atoms with Gasteiger partial charge in [-0.3, -0.25) is 9.59 Å². The molecule has 0 bridgehead atoms. The Kier molecular flexibility index (Phi) is 3.91. The Morgan fingerprint density at radius 3 is 2.35 bits per heavy atom. The van der Waals surface area contributed by atoms with Crippen molar-refractivity contribution in [2.75, 3.05) is 0 Å². The van der Waals surface area contributed by atoms with E-state index in [1.807, 2.05) is 0 Å². The molecule has 1 aromatic heterocycles. The number of carbonyl (C=O) groups is 2. The summed E-state index contributed by atoms with van der Waals surface area (Å²) in [5, 5.41) is 10.0. The van der Waals surface area contributed by atoms with Crippen molar-refractivity contribution in [1.29, 1.82) is 0 Å². The average molecular weight is 315 g/mol. The van der Waals surface area contributed by atoms with Gasteiger partial charge in [0.25, 0.3) is 5.91 Å². The number of amides is 1. The van der Waals surface area contributed by atoms with E-state index in [4.69, 9.17) is 33.7 Å². The molecule has 1 heterocycles. The predicted molar refractivity (Wildman–Crippen MR) is 71.7 cm³/mol. The number of hydrogen-bond donors (Lipinski definition) is 2. The number of ether oxygens (including phenoxy) is 1. The van der Waals surface area contributed by atoms with E-state index in [0.29, 0.717) is 0 Å². The summed E-state index contributed by atoms with van der Waals surface area (Å²) < 4.78 is 4.88. The fourth-order valence-corrected chi connectivity index (χ4v) is 2.22. The molecule has 2 rings (SSSR count). The Morgan fingerprint density at radius 1 is 1.25 bits per heavy atom.